The average molecular weight is 325 g/mol. The van der Waals surface area contributed by atoms with Gasteiger partial charge in [0.15, 0.2) is 0 Å². The third-order valence-electron chi connectivity index (χ3n) is 2.41. The summed E-state index contributed by atoms with van der Waals surface area (Å²) < 4.78 is 5.56. The molecule has 0 amide bonds. The summed E-state index contributed by atoms with van der Waals surface area (Å²) in [6.45, 7) is 1.71. The van der Waals surface area contributed by atoms with E-state index in [1.54, 1.807) is 19.1 Å². The number of nitrogens with one attached hydrogen (secondary N) is 1. The molecule has 7 heteroatoms. The summed E-state index contributed by atoms with van der Waals surface area (Å²) in [5, 5.41) is 9.11. The van der Waals surface area contributed by atoms with Crippen LogP contribution in [0.25, 0.3) is 0 Å². The molecule has 0 aliphatic heterocycles. The summed E-state index contributed by atoms with van der Waals surface area (Å²) in [6, 6.07) is 4.75. The van der Waals surface area contributed by atoms with Crippen LogP contribution in [-0.2, 0) is 0 Å². The van der Waals surface area contributed by atoms with Crippen molar-refractivity contribution in [3.63, 3.8) is 0 Å². The Bertz CT molecular complexity index is 696. The second-order valence-electron chi connectivity index (χ2n) is 3.71. The first-order valence-electron chi connectivity index (χ1n) is 5.24. The number of rotatable bonds is 3. The SMILES string of the molecule is Cc1cccc(C(=O)O)c1Oc1nc[nH]c(=O)c1Br. The molecule has 0 saturated heterocycles. The molecule has 0 bridgehead atoms. The summed E-state index contributed by atoms with van der Waals surface area (Å²) in [5.74, 6) is -0.936. The van der Waals surface area contributed by atoms with Crippen molar-refractivity contribution in [2.45, 2.75) is 6.92 Å². The number of aryl methyl sites for hydroxylation is 1. The Hall–Kier alpha value is -2.15. The third kappa shape index (κ3) is 2.65. The van der Waals surface area contributed by atoms with E-state index in [4.69, 9.17) is 9.84 Å². The van der Waals surface area contributed by atoms with E-state index >= 15 is 0 Å². The number of carboxylic acids is 1. The van der Waals surface area contributed by atoms with Crippen LogP contribution in [0.2, 0.25) is 0 Å². The quantitative estimate of drug-likeness (QED) is 0.903. The number of nitrogens with zero attached hydrogens (tertiary/aromatic N) is 1. The maximum absolute atomic E-state index is 11.4. The zero-order valence-electron chi connectivity index (χ0n) is 9.81. The molecule has 2 rings (SSSR count). The van der Waals surface area contributed by atoms with Crippen molar-refractivity contribution in [3.05, 3.63) is 50.5 Å². The van der Waals surface area contributed by atoms with E-state index in [0.717, 1.165) is 0 Å². The highest BCUT2D eigenvalue weighted by Crippen LogP contribution is 2.30. The van der Waals surface area contributed by atoms with Gasteiger partial charge in [0, 0.05) is 0 Å². The van der Waals surface area contributed by atoms with Crippen molar-refractivity contribution in [3.8, 4) is 11.6 Å². The number of benzene rings is 1. The Kier molecular flexibility index (Phi) is 3.66. The van der Waals surface area contributed by atoms with Gasteiger partial charge in [-0.05, 0) is 34.5 Å². The molecule has 0 saturated carbocycles. The molecule has 6 nitrogen and oxygen atoms in total. The van der Waals surface area contributed by atoms with E-state index in [-0.39, 0.29) is 21.7 Å². The predicted octanol–water partition coefficient (Wildman–Crippen LogP) is 2.33. The Labute approximate surface area is 116 Å². The summed E-state index contributed by atoms with van der Waals surface area (Å²) >= 11 is 3.05. The van der Waals surface area contributed by atoms with Crippen LogP contribution in [-0.4, -0.2) is 21.0 Å². The number of halogens is 1. The first kappa shape index (κ1) is 13.3. The first-order chi connectivity index (χ1) is 9.00. The molecule has 0 aliphatic rings. The van der Waals surface area contributed by atoms with Gasteiger partial charge in [-0.25, -0.2) is 9.78 Å². The van der Waals surface area contributed by atoms with Crippen molar-refractivity contribution < 1.29 is 14.6 Å². The number of H-pyrrole nitrogens is 1. The maximum atomic E-state index is 11.4. The largest absolute Gasteiger partial charge is 0.478 e. The molecule has 0 aliphatic carbocycles. The minimum Gasteiger partial charge on any atom is -0.478 e. The van der Waals surface area contributed by atoms with Crippen LogP contribution < -0.4 is 10.3 Å². The highest BCUT2D eigenvalue weighted by molar-refractivity contribution is 9.10. The summed E-state index contributed by atoms with van der Waals surface area (Å²) in [5.41, 5.74) is 0.235. The van der Waals surface area contributed by atoms with Gasteiger partial charge < -0.3 is 14.8 Å². The molecule has 0 fully saturated rings. The molecule has 19 heavy (non-hydrogen) atoms. The summed E-state index contributed by atoms with van der Waals surface area (Å²) in [7, 11) is 0. The van der Waals surface area contributed by atoms with Gasteiger partial charge in [-0.15, -0.1) is 0 Å². The third-order valence-corrected chi connectivity index (χ3v) is 3.10. The molecular weight excluding hydrogens is 316 g/mol. The molecule has 1 heterocycles. The number of carbonyl (C=O) groups is 1. The Morgan fingerprint density at radius 3 is 2.89 bits per heavy atom. The van der Waals surface area contributed by atoms with E-state index in [1.807, 2.05) is 0 Å². The highest BCUT2D eigenvalue weighted by atomic mass is 79.9. The van der Waals surface area contributed by atoms with Gasteiger partial charge in [-0.1, -0.05) is 12.1 Å². The lowest BCUT2D eigenvalue weighted by molar-refractivity contribution is 0.0694. The van der Waals surface area contributed by atoms with E-state index in [1.165, 1.54) is 12.4 Å². The zero-order chi connectivity index (χ0) is 14.0. The fraction of sp³-hybridized carbons (Fsp3) is 0.0833. The Morgan fingerprint density at radius 2 is 2.21 bits per heavy atom. The van der Waals surface area contributed by atoms with Crippen molar-refractivity contribution >= 4 is 21.9 Å². The Balaban J connectivity index is 2.52. The normalized spacial score (nSPS) is 10.2. The van der Waals surface area contributed by atoms with Gasteiger partial charge in [0.05, 0.1) is 6.33 Å². The standard InChI is InChI=1S/C12H9BrN2O4/c1-6-3-2-4-7(12(17)18)9(6)19-11-8(13)10(16)14-5-15-11/h2-5H,1H3,(H,17,18)(H,14,15,16). The van der Waals surface area contributed by atoms with Crippen LogP contribution in [0.5, 0.6) is 11.6 Å². The summed E-state index contributed by atoms with van der Waals surface area (Å²) in [6.07, 6.45) is 1.18. The second kappa shape index (κ2) is 5.23. The lowest BCUT2D eigenvalue weighted by Gasteiger charge is -2.11. The van der Waals surface area contributed by atoms with Crippen LogP contribution in [0, 0.1) is 6.92 Å². The van der Waals surface area contributed by atoms with E-state index < -0.39 is 11.5 Å². The number of ether oxygens (including phenoxy) is 1. The molecule has 2 aromatic rings. The van der Waals surface area contributed by atoms with Gasteiger partial charge >= 0.3 is 5.97 Å². The number of hydrogen-bond donors (Lipinski definition) is 2. The average Bonchev–Trinajstić information content (AvgIpc) is 2.36. The fourth-order valence-corrected chi connectivity index (χ4v) is 1.79. The molecule has 1 aromatic carbocycles. The lowest BCUT2D eigenvalue weighted by atomic mass is 10.1. The molecule has 0 radical (unpaired) electrons. The van der Waals surface area contributed by atoms with E-state index in [0.29, 0.717) is 5.56 Å². The molecule has 0 atom stereocenters. The second-order valence-corrected chi connectivity index (χ2v) is 4.50. The van der Waals surface area contributed by atoms with Crippen molar-refractivity contribution in [2.24, 2.45) is 0 Å². The number of aromatic nitrogens is 2. The summed E-state index contributed by atoms with van der Waals surface area (Å²) in [4.78, 5) is 28.8. The number of carboxylic acid groups (broad SMARTS) is 1. The molecule has 0 spiro atoms. The van der Waals surface area contributed by atoms with Crippen LogP contribution in [0.15, 0.2) is 33.8 Å². The van der Waals surface area contributed by atoms with Gasteiger partial charge in [-0.2, -0.15) is 0 Å². The van der Waals surface area contributed by atoms with Crippen molar-refractivity contribution in [1.82, 2.24) is 9.97 Å². The molecule has 98 valence electrons. The van der Waals surface area contributed by atoms with Crippen LogP contribution in [0.4, 0.5) is 0 Å². The smallest absolute Gasteiger partial charge is 0.339 e. The van der Waals surface area contributed by atoms with Gasteiger partial charge in [0.2, 0.25) is 5.88 Å². The number of aromatic amines is 1. The fourth-order valence-electron chi connectivity index (χ4n) is 1.49. The minimum absolute atomic E-state index is 0.00832. The minimum atomic E-state index is -1.11. The van der Waals surface area contributed by atoms with Crippen molar-refractivity contribution in [1.29, 1.82) is 0 Å². The first-order valence-corrected chi connectivity index (χ1v) is 6.04. The zero-order valence-corrected chi connectivity index (χ0v) is 11.4. The topological polar surface area (TPSA) is 92.3 Å². The van der Waals surface area contributed by atoms with Crippen LogP contribution in [0.1, 0.15) is 15.9 Å². The van der Waals surface area contributed by atoms with E-state index in [2.05, 4.69) is 25.9 Å². The maximum Gasteiger partial charge on any atom is 0.339 e. The number of aromatic carboxylic acids is 1. The monoisotopic (exact) mass is 324 g/mol. The van der Waals surface area contributed by atoms with E-state index in [9.17, 15) is 9.59 Å². The molecule has 2 N–H and O–H groups in total. The number of hydrogen-bond acceptors (Lipinski definition) is 4. The lowest BCUT2D eigenvalue weighted by Crippen LogP contribution is -2.09. The van der Waals surface area contributed by atoms with Crippen molar-refractivity contribution in [2.75, 3.05) is 0 Å². The number of para-hydroxylation sites is 1. The van der Waals surface area contributed by atoms with Crippen LogP contribution >= 0.6 is 15.9 Å². The molecule has 1 aromatic heterocycles. The van der Waals surface area contributed by atoms with Crippen LogP contribution in [0.3, 0.4) is 0 Å². The molecular formula is C12H9BrN2O4. The predicted molar refractivity (Wildman–Crippen MR) is 70.8 cm³/mol. The van der Waals surface area contributed by atoms with Gasteiger partial charge in [0.1, 0.15) is 15.8 Å². The molecule has 0 unspecified atom stereocenters. The van der Waals surface area contributed by atoms with Gasteiger partial charge in [-0.3, -0.25) is 4.79 Å². The highest BCUT2D eigenvalue weighted by Gasteiger charge is 2.16. The van der Waals surface area contributed by atoms with Gasteiger partial charge in [0.25, 0.3) is 5.56 Å². The Morgan fingerprint density at radius 1 is 1.47 bits per heavy atom.